The van der Waals surface area contributed by atoms with Crippen molar-refractivity contribution in [1.82, 2.24) is 10.6 Å². The molecule has 0 bridgehead atoms. The number of nitrogens with two attached hydrogens (primary N) is 1. The van der Waals surface area contributed by atoms with Gasteiger partial charge in [-0.05, 0) is 5.92 Å². The number of primary amides is 1. The molecule has 0 radical (unpaired) electrons. The zero-order valence-corrected chi connectivity index (χ0v) is 9.43. The van der Waals surface area contributed by atoms with Crippen LogP contribution in [-0.4, -0.2) is 47.4 Å². The van der Waals surface area contributed by atoms with Gasteiger partial charge in [0.15, 0.2) is 0 Å². The van der Waals surface area contributed by atoms with Crippen LogP contribution in [0, 0.1) is 5.92 Å². The molecule has 7 heteroatoms. The normalized spacial score (nSPS) is 14.3. The van der Waals surface area contributed by atoms with Crippen LogP contribution in [0.25, 0.3) is 0 Å². The van der Waals surface area contributed by atoms with Gasteiger partial charge in [-0.3, -0.25) is 4.79 Å². The molecule has 94 valence electrons. The molecule has 7 nitrogen and oxygen atoms in total. The van der Waals surface area contributed by atoms with Crippen LogP contribution in [0.3, 0.4) is 0 Å². The van der Waals surface area contributed by atoms with Crippen LogP contribution in [0.5, 0.6) is 0 Å². The van der Waals surface area contributed by atoms with E-state index >= 15 is 0 Å². The summed E-state index contributed by atoms with van der Waals surface area (Å²) < 4.78 is 0. The van der Waals surface area contributed by atoms with Gasteiger partial charge in [-0.15, -0.1) is 0 Å². The average Bonchev–Trinajstić information content (AvgIpc) is 2.21. The zero-order valence-electron chi connectivity index (χ0n) is 9.43. The Morgan fingerprint density at radius 1 is 1.38 bits per heavy atom. The van der Waals surface area contributed by atoms with Gasteiger partial charge in [-0.2, -0.15) is 0 Å². The first-order chi connectivity index (χ1) is 7.38. The second-order valence-electron chi connectivity index (χ2n) is 3.81. The minimum Gasteiger partial charge on any atom is -0.394 e. The van der Waals surface area contributed by atoms with Gasteiger partial charge in [0.1, 0.15) is 6.04 Å². The lowest BCUT2D eigenvalue weighted by molar-refractivity contribution is -0.124. The van der Waals surface area contributed by atoms with Gasteiger partial charge < -0.3 is 26.6 Å². The number of aliphatic hydroxyl groups is 2. The molecule has 0 spiro atoms. The van der Waals surface area contributed by atoms with Crippen LogP contribution in [0.15, 0.2) is 0 Å². The number of hydrogen-bond donors (Lipinski definition) is 5. The van der Waals surface area contributed by atoms with E-state index in [1.807, 2.05) is 0 Å². The Morgan fingerprint density at radius 3 is 2.31 bits per heavy atom. The first-order valence-corrected chi connectivity index (χ1v) is 5.01. The van der Waals surface area contributed by atoms with E-state index in [9.17, 15) is 9.59 Å². The third-order valence-corrected chi connectivity index (χ3v) is 1.97. The predicted octanol–water partition coefficient (Wildman–Crippen LogP) is -1.85. The Labute approximate surface area is 94.0 Å². The second kappa shape index (κ2) is 7.02. The standard InChI is InChI=1S/C9H19N3O4/c1-5(2)7(12-9(10)16)8(15)11-3-6(14)4-13/h5-7,13-14H,3-4H2,1-2H3,(H,11,15)(H3,10,12,16). The molecule has 2 atom stereocenters. The smallest absolute Gasteiger partial charge is 0.312 e. The minimum absolute atomic E-state index is 0.0704. The number of rotatable bonds is 6. The lowest BCUT2D eigenvalue weighted by atomic mass is 10.0. The molecule has 3 amide bonds. The average molecular weight is 233 g/mol. The number of carbonyl (C=O) groups excluding carboxylic acids is 2. The van der Waals surface area contributed by atoms with Gasteiger partial charge in [-0.25, -0.2) is 4.79 Å². The molecule has 16 heavy (non-hydrogen) atoms. The first kappa shape index (κ1) is 14.7. The highest BCUT2D eigenvalue weighted by molar-refractivity contribution is 5.86. The summed E-state index contributed by atoms with van der Waals surface area (Å²) in [6, 6.07) is -1.53. The Bertz CT molecular complexity index is 245. The molecule has 0 heterocycles. The van der Waals surface area contributed by atoms with Gasteiger partial charge in [0.25, 0.3) is 0 Å². The number of aliphatic hydroxyl groups excluding tert-OH is 2. The highest BCUT2D eigenvalue weighted by Crippen LogP contribution is 2.01. The summed E-state index contributed by atoms with van der Waals surface area (Å²) in [5.74, 6) is -0.569. The van der Waals surface area contributed by atoms with Crippen LogP contribution in [0.4, 0.5) is 4.79 Å². The molecular weight excluding hydrogens is 214 g/mol. The van der Waals surface area contributed by atoms with Crippen LogP contribution in [0.1, 0.15) is 13.8 Å². The van der Waals surface area contributed by atoms with E-state index in [0.717, 1.165) is 0 Å². The molecule has 0 aromatic heterocycles. The molecule has 6 N–H and O–H groups in total. The van der Waals surface area contributed by atoms with Crippen LogP contribution in [0.2, 0.25) is 0 Å². The molecular formula is C9H19N3O4. The summed E-state index contributed by atoms with van der Waals surface area (Å²) in [7, 11) is 0. The molecule has 0 rings (SSSR count). The molecule has 0 fully saturated rings. The van der Waals surface area contributed by atoms with Gasteiger partial charge >= 0.3 is 6.03 Å². The van der Waals surface area contributed by atoms with Gasteiger partial charge in [0.2, 0.25) is 5.91 Å². The molecule has 0 saturated carbocycles. The second-order valence-corrected chi connectivity index (χ2v) is 3.81. The van der Waals surface area contributed by atoms with Crippen molar-refractivity contribution in [3.63, 3.8) is 0 Å². The van der Waals surface area contributed by atoms with Crippen molar-refractivity contribution in [2.45, 2.75) is 26.0 Å². The third-order valence-electron chi connectivity index (χ3n) is 1.97. The van der Waals surface area contributed by atoms with Gasteiger partial charge in [0.05, 0.1) is 12.7 Å². The minimum atomic E-state index is -1.01. The highest BCUT2D eigenvalue weighted by atomic mass is 16.3. The fourth-order valence-electron chi connectivity index (χ4n) is 1.08. The number of carbonyl (C=O) groups is 2. The van der Waals surface area contributed by atoms with E-state index in [-0.39, 0.29) is 12.5 Å². The quantitative estimate of drug-likeness (QED) is 0.369. The molecule has 0 aromatic rings. The summed E-state index contributed by atoms with van der Waals surface area (Å²) in [5, 5.41) is 22.3. The van der Waals surface area contributed by atoms with Crippen molar-refractivity contribution in [3.8, 4) is 0 Å². The van der Waals surface area contributed by atoms with Crippen LogP contribution < -0.4 is 16.4 Å². The summed E-state index contributed by atoms with van der Waals surface area (Å²) in [4.78, 5) is 22.2. The molecule has 0 aliphatic rings. The maximum atomic E-state index is 11.6. The fraction of sp³-hybridized carbons (Fsp3) is 0.778. The molecule has 0 saturated heterocycles. The topological polar surface area (TPSA) is 125 Å². The van der Waals surface area contributed by atoms with Crippen molar-refractivity contribution in [3.05, 3.63) is 0 Å². The number of nitrogens with one attached hydrogen (secondary N) is 2. The van der Waals surface area contributed by atoms with E-state index in [0.29, 0.717) is 0 Å². The summed E-state index contributed by atoms with van der Waals surface area (Å²) >= 11 is 0. The van der Waals surface area contributed by atoms with Crippen molar-refractivity contribution in [2.24, 2.45) is 11.7 Å². The lowest BCUT2D eigenvalue weighted by Crippen LogP contribution is -2.52. The Balaban J connectivity index is 4.22. The van der Waals surface area contributed by atoms with Crippen LogP contribution >= 0.6 is 0 Å². The largest absolute Gasteiger partial charge is 0.394 e. The molecule has 0 aliphatic heterocycles. The number of urea groups is 1. The predicted molar refractivity (Wildman–Crippen MR) is 57.4 cm³/mol. The third kappa shape index (κ3) is 5.52. The van der Waals surface area contributed by atoms with E-state index in [2.05, 4.69) is 10.6 Å². The van der Waals surface area contributed by atoms with Crippen molar-refractivity contribution in [2.75, 3.05) is 13.2 Å². The van der Waals surface area contributed by atoms with Crippen molar-refractivity contribution in [1.29, 1.82) is 0 Å². The molecule has 0 aliphatic carbocycles. The lowest BCUT2D eigenvalue weighted by Gasteiger charge is -2.21. The van der Waals surface area contributed by atoms with Gasteiger partial charge in [0, 0.05) is 6.54 Å². The Kier molecular flexibility index (Phi) is 6.43. The Morgan fingerprint density at radius 2 is 1.94 bits per heavy atom. The fourth-order valence-corrected chi connectivity index (χ4v) is 1.08. The van der Waals surface area contributed by atoms with E-state index in [1.165, 1.54) is 0 Å². The summed E-state index contributed by atoms with van der Waals surface area (Å²) in [5.41, 5.74) is 4.93. The summed E-state index contributed by atoms with van der Waals surface area (Å²) in [6.07, 6.45) is -1.01. The first-order valence-electron chi connectivity index (χ1n) is 5.01. The molecule has 2 unspecified atom stereocenters. The Hall–Kier alpha value is -1.34. The van der Waals surface area contributed by atoms with Crippen molar-refractivity contribution >= 4 is 11.9 Å². The summed E-state index contributed by atoms with van der Waals surface area (Å²) in [6.45, 7) is 3.00. The van der Waals surface area contributed by atoms with E-state index in [4.69, 9.17) is 15.9 Å². The maximum absolute atomic E-state index is 11.6. The van der Waals surface area contributed by atoms with Crippen molar-refractivity contribution < 1.29 is 19.8 Å². The monoisotopic (exact) mass is 233 g/mol. The van der Waals surface area contributed by atoms with E-state index < -0.39 is 30.7 Å². The zero-order chi connectivity index (χ0) is 12.7. The maximum Gasteiger partial charge on any atom is 0.312 e. The molecule has 0 aromatic carbocycles. The van der Waals surface area contributed by atoms with Gasteiger partial charge in [-0.1, -0.05) is 13.8 Å². The number of hydrogen-bond acceptors (Lipinski definition) is 4. The SMILES string of the molecule is CC(C)C(NC(N)=O)C(=O)NCC(O)CO. The van der Waals surface area contributed by atoms with E-state index in [1.54, 1.807) is 13.8 Å². The number of amides is 3. The van der Waals surface area contributed by atoms with Crippen LogP contribution in [-0.2, 0) is 4.79 Å². The highest BCUT2D eigenvalue weighted by Gasteiger charge is 2.23.